The van der Waals surface area contributed by atoms with Gasteiger partial charge in [0.2, 0.25) is 5.91 Å². The van der Waals surface area contributed by atoms with Gasteiger partial charge in [-0.15, -0.1) is 0 Å². The fourth-order valence-electron chi connectivity index (χ4n) is 1.59. The molecule has 2 N–H and O–H groups in total. The summed E-state index contributed by atoms with van der Waals surface area (Å²) in [6.45, 7) is -0.100. The predicted octanol–water partition coefficient (Wildman–Crippen LogP) is 3.41. The number of ether oxygens (including phenoxy) is 1. The van der Waals surface area contributed by atoms with Crippen molar-refractivity contribution >= 4 is 21.8 Å². The molecule has 1 amide bonds. The first kappa shape index (κ1) is 14.5. The normalized spacial score (nSPS) is 10.3. The quantitative estimate of drug-likeness (QED) is 0.926. The molecule has 0 aliphatic carbocycles. The lowest BCUT2D eigenvalue weighted by molar-refractivity contribution is 0.1000. The molecule has 104 valence electrons. The summed E-state index contributed by atoms with van der Waals surface area (Å²) in [6, 6.07) is 7.68. The molecule has 0 aliphatic rings. The van der Waals surface area contributed by atoms with Gasteiger partial charge in [0.25, 0.3) is 0 Å². The summed E-state index contributed by atoms with van der Waals surface area (Å²) in [7, 11) is 0. The van der Waals surface area contributed by atoms with E-state index >= 15 is 0 Å². The third-order valence-electron chi connectivity index (χ3n) is 2.61. The van der Waals surface area contributed by atoms with Crippen LogP contribution < -0.4 is 10.5 Å². The summed E-state index contributed by atoms with van der Waals surface area (Å²) in [4.78, 5) is 11.0. The molecule has 0 atom stereocenters. The molecule has 0 bridgehead atoms. The molecule has 0 fully saturated rings. The number of carbonyl (C=O) groups is 1. The summed E-state index contributed by atoms with van der Waals surface area (Å²) in [5.41, 5.74) is 5.52. The number of rotatable bonds is 4. The number of benzene rings is 2. The Hall–Kier alpha value is -1.95. The number of hydrogen-bond acceptors (Lipinski definition) is 2. The van der Waals surface area contributed by atoms with Gasteiger partial charge in [0.1, 0.15) is 24.0 Å². The van der Waals surface area contributed by atoms with Gasteiger partial charge >= 0.3 is 0 Å². The van der Waals surface area contributed by atoms with E-state index in [1.165, 1.54) is 30.3 Å². The number of primary amides is 1. The Balaban J connectivity index is 2.18. The lowest BCUT2D eigenvalue weighted by Gasteiger charge is -2.09. The third-order valence-corrected chi connectivity index (χ3v) is 3.23. The molecule has 0 unspecified atom stereocenters. The fraction of sp³-hybridized carbons (Fsp3) is 0.0714. The predicted molar refractivity (Wildman–Crippen MR) is 73.3 cm³/mol. The zero-order chi connectivity index (χ0) is 14.7. The summed E-state index contributed by atoms with van der Waals surface area (Å²) < 4.78 is 32.3. The molecule has 6 heteroatoms. The Morgan fingerprint density at radius 2 is 1.95 bits per heavy atom. The second-order valence-corrected chi connectivity index (χ2v) is 4.89. The first-order valence-electron chi connectivity index (χ1n) is 5.63. The van der Waals surface area contributed by atoms with Gasteiger partial charge in [0.05, 0.1) is 4.47 Å². The van der Waals surface area contributed by atoms with Crippen molar-refractivity contribution in [1.29, 1.82) is 0 Å². The van der Waals surface area contributed by atoms with Crippen molar-refractivity contribution < 1.29 is 18.3 Å². The van der Waals surface area contributed by atoms with Gasteiger partial charge in [0.15, 0.2) is 0 Å². The second kappa shape index (κ2) is 6.00. The molecule has 0 aliphatic heterocycles. The number of carbonyl (C=O) groups excluding carboxylic acids is 1. The highest BCUT2D eigenvalue weighted by molar-refractivity contribution is 9.10. The summed E-state index contributed by atoms with van der Waals surface area (Å²) in [6.07, 6.45) is 0. The van der Waals surface area contributed by atoms with Crippen LogP contribution in [0.2, 0.25) is 0 Å². The lowest BCUT2D eigenvalue weighted by Crippen LogP contribution is -2.12. The zero-order valence-corrected chi connectivity index (χ0v) is 11.8. The van der Waals surface area contributed by atoms with Crippen LogP contribution in [0.15, 0.2) is 40.9 Å². The van der Waals surface area contributed by atoms with Crippen LogP contribution in [0.4, 0.5) is 8.78 Å². The monoisotopic (exact) mass is 341 g/mol. The molecule has 0 spiro atoms. The van der Waals surface area contributed by atoms with Crippen molar-refractivity contribution in [3.8, 4) is 5.75 Å². The Bertz CT molecular complexity index is 662. The van der Waals surface area contributed by atoms with E-state index in [1.807, 2.05) is 0 Å². The zero-order valence-electron chi connectivity index (χ0n) is 10.2. The highest BCUT2D eigenvalue weighted by Crippen LogP contribution is 2.26. The molecular formula is C14H10BrF2NO2. The number of halogens is 3. The Labute approximate surface area is 122 Å². The number of hydrogen-bond donors (Lipinski definition) is 1. The summed E-state index contributed by atoms with van der Waals surface area (Å²) >= 11 is 3.14. The molecule has 0 aromatic heterocycles. The molecule has 2 rings (SSSR count). The molecule has 0 heterocycles. The van der Waals surface area contributed by atoms with Crippen LogP contribution in [0.25, 0.3) is 0 Å². The van der Waals surface area contributed by atoms with Gasteiger partial charge in [-0.05, 0) is 52.3 Å². The molecule has 0 saturated heterocycles. The standard InChI is InChI=1S/C14H10BrF2NO2/c15-11-6-10(16)2-4-13(11)20-7-9-5-8(14(18)19)1-3-12(9)17/h1-6H,7H2,(H2,18,19). The average molecular weight is 342 g/mol. The molecular weight excluding hydrogens is 332 g/mol. The van der Waals surface area contributed by atoms with Crippen molar-refractivity contribution in [2.75, 3.05) is 0 Å². The van der Waals surface area contributed by atoms with Crippen molar-refractivity contribution in [1.82, 2.24) is 0 Å². The van der Waals surface area contributed by atoms with Gasteiger partial charge in [-0.25, -0.2) is 8.78 Å². The maximum atomic E-state index is 13.6. The molecule has 20 heavy (non-hydrogen) atoms. The van der Waals surface area contributed by atoms with Gasteiger partial charge in [0, 0.05) is 11.1 Å². The molecule has 2 aromatic rings. The van der Waals surface area contributed by atoms with Crippen molar-refractivity contribution in [3.05, 3.63) is 63.6 Å². The van der Waals surface area contributed by atoms with E-state index in [4.69, 9.17) is 10.5 Å². The van der Waals surface area contributed by atoms with Crippen LogP contribution in [0.3, 0.4) is 0 Å². The maximum Gasteiger partial charge on any atom is 0.248 e. The van der Waals surface area contributed by atoms with Crippen LogP contribution in [-0.4, -0.2) is 5.91 Å². The van der Waals surface area contributed by atoms with Crippen molar-refractivity contribution in [2.24, 2.45) is 5.73 Å². The van der Waals surface area contributed by atoms with Crippen molar-refractivity contribution in [3.63, 3.8) is 0 Å². The van der Waals surface area contributed by atoms with E-state index in [0.29, 0.717) is 10.2 Å². The van der Waals surface area contributed by atoms with Gasteiger partial charge < -0.3 is 10.5 Å². The van der Waals surface area contributed by atoms with E-state index in [2.05, 4.69) is 15.9 Å². The van der Waals surface area contributed by atoms with Crippen LogP contribution in [0.1, 0.15) is 15.9 Å². The van der Waals surface area contributed by atoms with Crippen LogP contribution in [-0.2, 0) is 6.61 Å². The molecule has 0 radical (unpaired) electrons. The highest BCUT2D eigenvalue weighted by atomic mass is 79.9. The minimum Gasteiger partial charge on any atom is -0.488 e. The minimum absolute atomic E-state index is 0.100. The van der Waals surface area contributed by atoms with Crippen molar-refractivity contribution in [2.45, 2.75) is 6.61 Å². The van der Waals surface area contributed by atoms with E-state index < -0.39 is 17.5 Å². The first-order valence-corrected chi connectivity index (χ1v) is 6.43. The van der Waals surface area contributed by atoms with E-state index in [1.54, 1.807) is 0 Å². The number of amides is 1. The van der Waals surface area contributed by atoms with Gasteiger partial charge in [-0.2, -0.15) is 0 Å². The average Bonchev–Trinajstić information content (AvgIpc) is 2.39. The van der Waals surface area contributed by atoms with E-state index in [0.717, 1.165) is 6.07 Å². The first-order chi connectivity index (χ1) is 9.47. The van der Waals surface area contributed by atoms with Crippen LogP contribution >= 0.6 is 15.9 Å². The smallest absolute Gasteiger partial charge is 0.248 e. The lowest BCUT2D eigenvalue weighted by atomic mass is 10.1. The van der Waals surface area contributed by atoms with E-state index in [-0.39, 0.29) is 17.7 Å². The highest BCUT2D eigenvalue weighted by Gasteiger charge is 2.09. The third kappa shape index (κ3) is 3.33. The van der Waals surface area contributed by atoms with Crippen LogP contribution in [0, 0.1) is 11.6 Å². The van der Waals surface area contributed by atoms with Gasteiger partial charge in [-0.1, -0.05) is 0 Å². The number of nitrogens with two attached hydrogens (primary N) is 1. The Kier molecular flexibility index (Phi) is 4.34. The molecule has 3 nitrogen and oxygen atoms in total. The molecule has 0 saturated carbocycles. The van der Waals surface area contributed by atoms with E-state index in [9.17, 15) is 13.6 Å². The Morgan fingerprint density at radius 3 is 2.60 bits per heavy atom. The topological polar surface area (TPSA) is 52.3 Å². The summed E-state index contributed by atoms with van der Waals surface area (Å²) in [5.74, 6) is -1.19. The Morgan fingerprint density at radius 1 is 1.20 bits per heavy atom. The largest absolute Gasteiger partial charge is 0.488 e. The minimum atomic E-state index is -0.644. The van der Waals surface area contributed by atoms with Gasteiger partial charge in [-0.3, -0.25) is 4.79 Å². The summed E-state index contributed by atoms with van der Waals surface area (Å²) in [5, 5.41) is 0. The SMILES string of the molecule is NC(=O)c1ccc(F)c(COc2ccc(F)cc2Br)c1. The maximum absolute atomic E-state index is 13.6. The van der Waals surface area contributed by atoms with Crippen LogP contribution in [0.5, 0.6) is 5.75 Å². The fourth-order valence-corrected chi connectivity index (χ4v) is 2.05. The second-order valence-electron chi connectivity index (χ2n) is 4.03. The molecule has 2 aromatic carbocycles.